The number of esters is 1. The maximum absolute atomic E-state index is 12.4. The Kier molecular flexibility index (Phi) is 6.19. The van der Waals surface area contributed by atoms with Gasteiger partial charge in [-0.05, 0) is 32.8 Å². The van der Waals surface area contributed by atoms with Gasteiger partial charge >= 0.3 is 5.97 Å². The summed E-state index contributed by atoms with van der Waals surface area (Å²) in [6.07, 6.45) is 7.21. The number of hydrogen-bond acceptors (Lipinski definition) is 5. The summed E-state index contributed by atoms with van der Waals surface area (Å²) in [5.41, 5.74) is 1.84. The molecule has 1 aromatic rings. The van der Waals surface area contributed by atoms with Gasteiger partial charge in [-0.2, -0.15) is 10.4 Å². The van der Waals surface area contributed by atoms with E-state index in [2.05, 4.69) is 11.2 Å². The Morgan fingerprint density at radius 1 is 1.35 bits per heavy atom. The van der Waals surface area contributed by atoms with Crippen molar-refractivity contribution < 1.29 is 14.3 Å². The van der Waals surface area contributed by atoms with E-state index in [9.17, 15) is 14.9 Å². The first-order valence-electron chi connectivity index (χ1n) is 8.83. The minimum atomic E-state index is -0.776. The van der Waals surface area contributed by atoms with Gasteiger partial charge in [-0.15, -0.1) is 0 Å². The summed E-state index contributed by atoms with van der Waals surface area (Å²) in [5.74, 6) is -0.951. The molecule has 26 heavy (non-hydrogen) atoms. The van der Waals surface area contributed by atoms with E-state index in [0.717, 1.165) is 36.2 Å². The Labute approximate surface area is 154 Å². The van der Waals surface area contributed by atoms with Crippen LogP contribution >= 0.6 is 0 Å². The van der Waals surface area contributed by atoms with E-state index in [1.807, 2.05) is 20.9 Å². The number of aryl methyl sites for hydroxylation is 2. The third kappa shape index (κ3) is 4.13. The minimum absolute atomic E-state index is 0.357. The maximum atomic E-state index is 12.4. The fraction of sp³-hybridized carbons (Fsp3) is 0.579. The van der Waals surface area contributed by atoms with Crippen molar-refractivity contribution >= 4 is 18.0 Å². The lowest BCUT2D eigenvalue weighted by molar-refractivity contribution is -0.150. The van der Waals surface area contributed by atoms with Gasteiger partial charge in [0.15, 0.2) is 6.61 Å². The first-order chi connectivity index (χ1) is 12.3. The fourth-order valence-corrected chi connectivity index (χ4v) is 3.36. The van der Waals surface area contributed by atoms with Crippen LogP contribution in [0.4, 0.5) is 0 Å². The van der Waals surface area contributed by atoms with E-state index in [4.69, 9.17) is 4.74 Å². The van der Waals surface area contributed by atoms with Crippen molar-refractivity contribution in [3.63, 3.8) is 0 Å². The van der Waals surface area contributed by atoms with Crippen molar-refractivity contribution in [1.29, 1.82) is 5.26 Å². The lowest BCUT2D eigenvalue weighted by Gasteiger charge is -2.38. The maximum Gasteiger partial charge on any atom is 0.331 e. The molecule has 1 heterocycles. The van der Waals surface area contributed by atoms with Gasteiger partial charge in [0.25, 0.3) is 5.91 Å². The molecule has 1 aromatic heterocycles. The van der Waals surface area contributed by atoms with Crippen LogP contribution in [0.15, 0.2) is 6.08 Å². The second-order valence-electron chi connectivity index (χ2n) is 6.81. The molecule has 0 saturated heterocycles. The lowest BCUT2D eigenvalue weighted by Crippen LogP contribution is -2.51. The number of carbonyl (C=O) groups excluding carboxylic acids is 2. The number of amides is 1. The largest absolute Gasteiger partial charge is 0.452 e. The Bertz CT molecular complexity index is 752. The molecule has 1 aliphatic rings. The van der Waals surface area contributed by atoms with Crippen LogP contribution in [0, 0.1) is 25.2 Å². The van der Waals surface area contributed by atoms with Crippen molar-refractivity contribution in [2.45, 2.75) is 51.5 Å². The number of likely N-dealkylation sites (N-methyl/N-ethyl adjacent to an activating group) is 1. The summed E-state index contributed by atoms with van der Waals surface area (Å²) in [4.78, 5) is 25.7. The van der Waals surface area contributed by atoms with Gasteiger partial charge in [0.05, 0.1) is 11.8 Å². The zero-order valence-corrected chi connectivity index (χ0v) is 15.9. The molecule has 1 aliphatic carbocycles. The number of carbonyl (C=O) groups is 2. The summed E-state index contributed by atoms with van der Waals surface area (Å²) in [6.45, 7) is 3.41. The number of rotatable bonds is 5. The monoisotopic (exact) mass is 358 g/mol. The van der Waals surface area contributed by atoms with E-state index in [1.54, 1.807) is 17.8 Å². The van der Waals surface area contributed by atoms with Gasteiger partial charge in [0, 0.05) is 31.4 Å². The van der Waals surface area contributed by atoms with Crippen molar-refractivity contribution in [2.75, 3.05) is 13.7 Å². The van der Waals surface area contributed by atoms with Gasteiger partial charge in [0.1, 0.15) is 5.54 Å². The first-order valence-corrected chi connectivity index (χ1v) is 8.83. The molecule has 7 heteroatoms. The van der Waals surface area contributed by atoms with Crippen LogP contribution in [0.2, 0.25) is 0 Å². The molecular weight excluding hydrogens is 332 g/mol. The summed E-state index contributed by atoms with van der Waals surface area (Å²) >= 11 is 0. The second kappa shape index (κ2) is 8.17. The summed E-state index contributed by atoms with van der Waals surface area (Å²) in [5, 5.41) is 13.8. The van der Waals surface area contributed by atoms with Gasteiger partial charge < -0.3 is 9.64 Å². The van der Waals surface area contributed by atoms with Gasteiger partial charge in [-0.25, -0.2) is 4.79 Å². The second-order valence-corrected chi connectivity index (χ2v) is 6.81. The molecular formula is C19H26N4O3. The van der Waals surface area contributed by atoms with Crippen LogP contribution in [0.25, 0.3) is 6.08 Å². The van der Waals surface area contributed by atoms with Crippen molar-refractivity contribution in [2.24, 2.45) is 7.05 Å². The molecule has 0 bridgehead atoms. The Balaban J connectivity index is 1.93. The van der Waals surface area contributed by atoms with Crippen LogP contribution in [-0.4, -0.2) is 45.8 Å². The predicted molar refractivity (Wildman–Crippen MR) is 96.9 cm³/mol. The molecule has 0 N–H and O–H groups in total. The number of hydrogen-bond donors (Lipinski definition) is 0. The normalized spacial score (nSPS) is 16.3. The van der Waals surface area contributed by atoms with Crippen molar-refractivity contribution in [3.05, 3.63) is 23.0 Å². The van der Waals surface area contributed by atoms with Gasteiger partial charge in [-0.1, -0.05) is 19.3 Å². The van der Waals surface area contributed by atoms with Crippen LogP contribution < -0.4 is 0 Å². The molecule has 1 fully saturated rings. The zero-order chi connectivity index (χ0) is 19.3. The highest BCUT2D eigenvalue weighted by atomic mass is 16.5. The third-order valence-electron chi connectivity index (χ3n) is 5.19. The molecule has 0 radical (unpaired) electrons. The van der Waals surface area contributed by atoms with Crippen molar-refractivity contribution in [3.8, 4) is 6.07 Å². The molecule has 0 atom stereocenters. The predicted octanol–water partition coefficient (Wildman–Crippen LogP) is 2.28. The molecule has 7 nitrogen and oxygen atoms in total. The van der Waals surface area contributed by atoms with E-state index < -0.39 is 11.5 Å². The Morgan fingerprint density at radius 3 is 2.54 bits per heavy atom. The van der Waals surface area contributed by atoms with Crippen LogP contribution in [-0.2, 0) is 21.4 Å². The van der Waals surface area contributed by atoms with E-state index in [1.165, 1.54) is 11.0 Å². The number of nitrogens with zero attached hydrogens (tertiary/aromatic N) is 4. The minimum Gasteiger partial charge on any atom is -0.452 e. The smallest absolute Gasteiger partial charge is 0.331 e. The number of aromatic nitrogens is 2. The van der Waals surface area contributed by atoms with Gasteiger partial charge in [0.2, 0.25) is 0 Å². The average molecular weight is 358 g/mol. The van der Waals surface area contributed by atoms with Crippen LogP contribution in [0.5, 0.6) is 0 Å². The molecule has 0 aromatic carbocycles. The molecule has 0 unspecified atom stereocenters. The molecule has 1 saturated carbocycles. The topological polar surface area (TPSA) is 88.2 Å². The first kappa shape index (κ1) is 19.7. The highest BCUT2D eigenvalue weighted by molar-refractivity contribution is 5.89. The molecule has 140 valence electrons. The van der Waals surface area contributed by atoms with Crippen molar-refractivity contribution in [1.82, 2.24) is 14.7 Å². The highest BCUT2D eigenvalue weighted by Gasteiger charge is 2.38. The Hall–Kier alpha value is -2.62. The quantitative estimate of drug-likeness (QED) is 0.595. The molecule has 0 aliphatic heterocycles. The van der Waals surface area contributed by atoms with Crippen LogP contribution in [0.3, 0.4) is 0 Å². The number of ether oxygens (including phenoxy) is 1. The average Bonchev–Trinajstić information content (AvgIpc) is 2.89. The zero-order valence-electron chi connectivity index (χ0n) is 15.9. The summed E-state index contributed by atoms with van der Waals surface area (Å²) in [6, 6.07) is 2.29. The summed E-state index contributed by atoms with van der Waals surface area (Å²) in [7, 11) is 3.45. The lowest BCUT2D eigenvalue weighted by atomic mass is 9.81. The van der Waals surface area contributed by atoms with E-state index >= 15 is 0 Å². The molecule has 0 spiro atoms. The Morgan fingerprint density at radius 2 is 2.00 bits per heavy atom. The fourth-order valence-electron chi connectivity index (χ4n) is 3.36. The van der Waals surface area contributed by atoms with Gasteiger partial charge in [-0.3, -0.25) is 9.48 Å². The molecule has 1 amide bonds. The number of nitriles is 1. The van der Waals surface area contributed by atoms with Crippen LogP contribution in [0.1, 0.15) is 49.1 Å². The molecule has 2 rings (SSSR count). The van der Waals surface area contributed by atoms with E-state index in [0.29, 0.717) is 12.8 Å². The third-order valence-corrected chi connectivity index (χ3v) is 5.19. The highest BCUT2D eigenvalue weighted by Crippen LogP contribution is 2.32. The summed E-state index contributed by atoms with van der Waals surface area (Å²) < 4.78 is 6.80. The van der Waals surface area contributed by atoms with E-state index in [-0.39, 0.29) is 12.5 Å². The SMILES string of the molecule is Cc1nn(C)c(C)c1/C=C/C(=O)OCC(=O)N(C)C1(C#N)CCCCC1. The standard InChI is InChI=1S/C19H26N4O3/c1-14-16(15(2)23(4)21-14)8-9-18(25)26-12-17(24)22(3)19(13-20)10-6-5-7-11-19/h8-9H,5-7,10-12H2,1-4H3/b9-8+.